The van der Waals surface area contributed by atoms with Gasteiger partial charge >= 0.3 is 0 Å². The third kappa shape index (κ3) is 3.72. The number of carbonyl (C=O) groups excluding carboxylic acids is 1. The van der Waals surface area contributed by atoms with E-state index in [9.17, 15) is 13.2 Å². The summed E-state index contributed by atoms with van der Waals surface area (Å²) in [4.78, 5) is 18.5. The highest BCUT2D eigenvalue weighted by Gasteiger charge is 2.42. The number of carbonyl (C=O) groups is 1. The van der Waals surface area contributed by atoms with Crippen molar-refractivity contribution in [3.63, 3.8) is 0 Å². The highest BCUT2D eigenvalue weighted by molar-refractivity contribution is 7.91. The van der Waals surface area contributed by atoms with Crippen molar-refractivity contribution in [2.45, 2.75) is 41.9 Å². The Kier molecular flexibility index (Phi) is 5.73. The zero-order valence-corrected chi connectivity index (χ0v) is 19.6. The number of benzene rings is 1. The molecule has 32 heavy (non-hydrogen) atoms. The standard InChI is InChI=1S/C23H27N3O4S2/c1-30-17-6-7-20-18(14-17)19(15-24-20)16-8-11-25(12-9-16)23(27)21-4-2-10-26(21)32(28,29)22-5-3-13-31-22/h3,5-7,13-16,21,24H,2,4,8-12H2,1H3. The maximum atomic E-state index is 13.3. The van der Waals surface area contributed by atoms with Crippen molar-refractivity contribution in [1.29, 1.82) is 0 Å². The van der Waals surface area contributed by atoms with Gasteiger partial charge in [0.1, 0.15) is 16.0 Å². The summed E-state index contributed by atoms with van der Waals surface area (Å²) in [7, 11) is -1.95. The van der Waals surface area contributed by atoms with Crippen LogP contribution in [0, 0.1) is 0 Å². The molecule has 5 rings (SSSR count). The number of aromatic amines is 1. The fraction of sp³-hybridized carbons (Fsp3) is 0.435. The quantitative estimate of drug-likeness (QED) is 0.611. The topological polar surface area (TPSA) is 82.7 Å². The largest absolute Gasteiger partial charge is 0.497 e. The fourth-order valence-electron chi connectivity index (χ4n) is 5.01. The molecule has 0 bridgehead atoms. The van der Waals surface area contributed by atoms with Gasteiger partial charge in [-0.1, -0.05) is 6.07 Å². The second kappa shape index (κ2) is 8.53. The van der Waals surface area contributed by atoms with Crippen LogP contribution in [-0.2, 0) is 14.8 Å². The monoisotopic (exact) mass is 473 g/mol. The molecule has 3 aromatic rings. The Bertz CT molecular complexity index is 1210. The van der Waals surface area contributed by atoms with Crippen molar-refractivity contribution >= 4 is 38.2 Å². The molecule has 1 unspecified atom stereocenters. The number of aromatic nitrogens is 1. The van der Waals surface area contributed by atoms with Crippen LogP contribution in [0.3, 0.4) is 0 Å². The summed E-state index contributed by atoms with van der Waals surface area (Å²) in [6, 6.07) is 8.79. The number of piperidine rings is 1. The second-order valence-corrected chi connectivity index (χ2v) is 11.5. The minimum absolute atomic E-state index is 0.0540. The summed E-state index contributed by atoms with van der Waals surface area (Å²) >= 11 is 1.20. The average molecular weight is 474 g/mol. The van der Waals surface area contributed by atoms with Gasteiger partial charge in [-0.2, -0.15) is 4.31 Å². The summed E-state index contributed by atoms with van der Waals surface area (Å²) < 4.78 is 33.2. The Morgan fingerprint density at radius 1 is 1.16 bits per heavy atom. The lowest BCUT2D eigenvalue weighted by molar-refractivity contribution is -0.135. The summed E-state index contributed by atoms with van der Waals surface area (Å²) in [6.45, 7) is 1.69. The predicted molar refractivity (Wildman–Crippen MR) is 125 cm³/mol. The first-order valence-electron chi connectivity index (χ1n) is 11.0. The number of likely N-dealkylation sites (tertiary alicyclic amines) is 1. The van der Waals surface area contributed by atoms with E-state index in [1.807, 2.05) is 17.0 Å². The minimum atomic E-state index is -3.62. The van der Waals surface area contributed by atoms with Crippen molar-refractivity contribution in [3.8, 4) is 5.75 Å². The van der Waals surface area contributed by atoms with Crippen LogP contribution < -0.4 is 4.74 Å². The summed E-state index contributed by atoms with van der Waals surface area (Å²) in [5.74, 6) is 1.13. The number of nitrogens with one attached hydrogen (secondary N) is 1. The molecule has 0 saturated carbocycles. The lowest BCUT2D eigenvalue weighted by atomic mass is 9.89. The van der Waals surface area contributed by atoms with Crippen molar-refractivity contribution in [2.75, 3.05) is 26.7 Å². The second-order valence-electron chi connectivity index (χ2n) is 8.46. The van der Waals surface area contributed by atoms with Gasteiger partial charge in [0.05, 0.1) is 7.11 Å². The molecule has 0 aliphatic carbocycles. The number of rotatable bonds is 5. The van der Waals surface area contributed by atoms with E-state index in [1.165, 1.54) is 21.2 Å². The zero-order chi connectivity index (χ0) is 22.3. The van der Waals surface area contributed by atoms with E-state index in [0.29, 0.717) is 42.6 Å². The van der Waals surface area contributed by atoms with Crippen LogP contribution in [0.25, 0.3) is 10.9 Å². The Labute approximate surface area is 192 Å². The van der Waals surface area contributed by atoms with E-state index in [0.717, 1.165) is 29.5 Å². The third-order valence-corrected chi connectivity index (χ3v) is 10.00. The smallest absolute Gasteiger partial charge is 0.253 e. The Hall–Kier alpha value is -2.36. The van der Waals surface area contributed by atoms with Crippen LogP contribution in [0.1, 0.15) is 37.2 Å². The first-order chi connectivity index (χ1) is 15.5. The lowest BCUT2D eigenvalue weighted by Crippen LogP contribution is -2.49. The van der Waals surface area contributed by atoms with Crippen molar-refractivity contribution in [2.24, 2.45) is 0 Å². The molecule has 4 heterocycles. The van der Waals surface area contributed by atoms with Gasteiger partial charge in [0, 0.05) is 36.7 Å². The number of amides is 1. The Morgan fingerprint density at radius 2 is 1.97 bits per heavy atom. The van der Waals surface area contributed by atoms with E-state index >= 15 is 0 Å². The van der Waals surface area contributed by atoms with Crippen LogP contribution >= 0.6 is 11.3 Å². The number of hydrogen-bond acceptors (Lipinski definition) is 5. The van der Waals surface area contributed by atoms with E-state index < -0.39 is 16.1 Å². The number of H-pyrrole nitrogens is 1. The Morgan fingerprint density at radius 3 is 2.69 bits per heavy atom. The van der Waals surface area contributed by atoms with Gasteiger partial charge in [-0.15, -0.1) is 11.3 Å². The van der Waals surface area contributed by atoms with Gasteiger partial charge in [0.15, 0.2) is 0 Å². The molecule has 2 aliphatic rings. The van der Waals surface area contributed by atoms with Crippen LogP contribution in [0.5, 0.6) is 5.75 Å². The number of sulfonamides is 1. The highest BCUT2D eigenvalue weighted by atomic mass is 32.2. The lowest BCUT2D eigenvalue weighted by Gasteiger charge is -2.35. The number of hydrogen-bond donors (Lipinski definition) is 1. The maximum absolute atomic E-state index is 13.3. The van der Waals surface area contributed by atoms with E-state index in [-0.39, 0.29) is 5.91 Å². The van der Waals surface area contributed by atoms with E-state index in [4.69, 9.17) is 4.74 Å². The number of fused-ring (bicyclic) bond motifs is 1. The van der Waals surface area contributed by atoms with E-state index in [2.05, 4.69) is 17.2 Å². The van der Waals surface area contributed by atoms with Crippen molar-refractivity contribution in [3.05, 3.63) is 47.5 Å². The summed E-state index contributed by atoms with van der Waals surface area (Å²) in [5.41, 5.74) is 2.34. The molecular weight excluding hydrogens is 446 g/mol. The van der Waals surface area contributed by atoms with Gasteiger partial charge in [0.25, 0.3) is 10.0 Å². The first-order valence-corrected chi connectivity index (χ1v) is 13.3. The maximum Gasteiger partial charge on any atom is 0.253 e. The highest BCUT2D eigenvalue weighted by Crippen LogP contribution is 2.36. The number of thiophene rings is 1. The average Bonchev–Trinajstić information content (AvgIpc) is 3.59. The molecule has 0 radical (unpaired) electrons. The van der Waals surface area contributed by atoms with Crippen molar-refractivity contribution in [1.82, 2.24) is 14.2 Å². The van der Waals surface area contributed by atoms with Gasteiger partial charge < -0.3 is 14.6 Å². The first kappa shape index (κ1) is 21.5. The molecular formula is C23H27N3O4S2. The molecule has 0 spiro atoms. The van der Waals surface area contributed by atoms with Crippen LogP contribution in [-0.4, -0.2) is 61.3 Å². The third-order valence-electron chi connectivity index (χ3n) is 6.71. The fourth-order valence-corrected chi connectivity index (χ4v) is 7.78. The molecule has 2 aliphatic heterocycles. The van der Waals surface area contributed by atoms with E-state index in [1.54, 1.807) is 24.6 Å². The molecule has 1 atom stereocenters. The normalized spacial score (nSPS) is 20.8. The molecule has 9 heteroatoms. The minimum Gasteiger partial charge on any atom is -0.497 e. The molecule has 170 valence electrons. The summed E-state index contributed by atoms with van der Waals surface area (Å²) in [5, 5.41) is 2.92. The SMILES string of the molecule is COc1ccc2[nH]cc(C3CCN(C(=O)C4CCCN4S(=O)(=O)c4cccs4)CC3)c2c1. The van der Waals surface area contributed by atoms with Gasteiger partial charge in [0.2, 0.25) is 5.91 Å². The van der Waals surface area contributed by atoms with Gasteiger partial charge in [-0.3, -0.25) is 4.79 Å². The molecule has 7 nitrogen and oxygen atoms in total. The van der Waals surface area contributed by atoms with Crippen LogP contribution in [0.4, 0.5) is 0 Å². The summed E-state index contributed by atoms with van der Waals surface area (Å²) in [6.07, 6.45) is 5.10. The van der Waals surface area contributed by atoms with Crippen LogP contribution in [0.2, 0.25) is 0 Å². The van der Waals surface area contributed by atoms with Crippen LogP contribution in [0.15, 0.2) is 46.1 Å². The molecule has 1 N–H and O–H groups in total. The van der Waals surface area contributed by atoms with Crippen molar-refractivity contribution < 1.29 is 17.9 Å². The molecule has 1 aromatic carbocycles. The predicted octanol–water partition coefficient (Wildman–Crippen LogP) is 3.80. The number of ether oxygens (including phenoxy) is 1. The van der Waals surface area contributed by atoms with Gasteiger partial charge in [-0.25, -0.2) is 8.42 Å². The molecule has 2 aromatic heterocycles. The van der Waals surface area contributed by atoms with Gasteiger partial charge in [-0.05, 0) is 66.8 Å². The Balaban J connectivity index is 1.29. The number of nitrogens with zero attached hydrogens (tertiary/aromatic N) is 2. The molecule has 2 fully saturated rings. The zero-order valence-electron chi connectivity index (χ0n) is 18.0. The molecule has 2 saturated heterocycles. The molecule has 1 amide bonds. The number of methoxy groups -OCH3 is 1.